The number of aliphatic hydroxyl groups excluding tert-OH is 1. The molecule has 0 bridgehead atoms. The molecular weight excluding hydrogens is 383 g/mol. The van der Waals surface area contributed by atoms with Crippen molar-refractivity contribution in [3.63, 3.8) is 0 Å². The smallest absolute Gasteiger partial charge is 0.178 e. The van der Waals surface area contributed by atoms with Crippen molar-refractivity contribution >= 4 is 17.5 Å². The quantitative estimate of drug-likeness (QED) is 0.589. The van der Waals surface area contributed by atoms with Crippen LogP contribution in [0.25, 0.3) is 0 Å². The van der Waals surface area contributed by atoms with E-state index in [1.165, 1.54) is 25.3 Å². The molecule has 0 spiro atoms. The minimum Gasteiger partial charge on any atom is -0.390 e. The molecule has 4 aliphatic rings. The monoisotopic (exact) mass is 420 g/mol. The Bertz CT molecular complexity index is 747. The first-order valence-corrected chi connectivity index (χ1v) is 12.6. The fourth-order valence-electron chi connectivity index (χ4n) is 7.75. The number of halogens is 1. The second-order valence-electron chi connectivity index (χ2n) is 10.3. The van der Waals surface area contributed by atoms with Crippen LogP contribution in [0.1, 0.15) is 79.1 Å². The molecule has 0 aromatic heterocycles. The first-order chi connectivity index (χ1) is 13.7. The summed E-state index contributed by atoms with van der Waals surface area (Å²) in [6.07, 6.45) is 11.7. The van der Waals surface area contributed by atoms with E-state index in [-0.39, 0.29) is 21.9 Å². The number of carbonyl (C=O) groups excluding carboxylic acids is 1. The van der Waals surface area contributed by atoms with Crippen LogP contribution < -0.4 is 0 Å². The van der Waals surface area contributed by atoms with Crippen LogP contribution >= 0.6 is 11.8 Å². The molecule has 3 fully saturated rings. The van der Waals surface area contributed by atoms with Crippen LogP contribution in [0.3, 0.4) is 0 Å². The highest BCUT2D eigenvalue weighted by molar-refractivity contribution is 8.00. The lowest BCUT2D eigenvalue weighted by molar-refractivity contribution is -0.192. The molecule has 2 nitrogen and oxygen atoms in total. The molecule has 1 unspecified atom stereocenters. The SMILES string of the molecule is CCCC[C@]1(SCC)CC[C@H]2[C@@H]3CCC4=CC(=O)C=C[C@]4(C)C3(F)[C@@H](O)C[C@@]21C. The van der Waals surface area contributed by atoms with E-state index in [0.717, 1.165) is 37.0 Å². The number of rotatable bonds is 5. The van der Waals surface area contributed by atoms with Gasteiger partial charge in [-0.05, 0) is 74.7 Å². The van der Waals surface area contributed by atoms with Gasteiger partial charge in [0, 0.05) is 16.1 Å². The van der Waals surface area contributed by atoms with Crippen molar-refractivity contribution in [1.29, 1.82) is 0 Å². The van der Waals surface area contributed by atoms with Crippen molar-refractivity contribution in [2.45, 2.75) is 95.6 Å². The second kappa shape index (κ2) is 7.22. The van der Waals surface area contributed by atoms with Gasteiger partial charge in [0.15, 0.2) is 11.5 Å². The van der Waals surface area contributed by atoms with Gasteiger partial charge in [0.25, 0.3) is 0 Å². The number of carbonyl (C=O) groups is 1. The third-order valence-electron chi connectivity index (χ3n) is 9.29. The van der Waals surface area contributed by atoms with Gasteiger partial charge in [0.1, 0.15) is 0 Å². The molecule has 0 aromatic carbocycles. The summed E-state index contributed by atoms with van der Waals surface area (Å²) in [5, 5.41) is 11.4. The van der Waals surface area contributed by atoms with E-state index >= 15 is 4.39 Å². The van der Waals surface area contributed by atoms with E-state index in [4.69, 9.17) is 0 Å². The zero-order chi connectivity index (χ0) is 21.1. The van der Waals surface area contributed by atoms with Crippen LogP contribution in [0.2, 0.25) is 0 Å². The summed E-state index contributed by atoms with van der Waals surface area (Å²) >= 11 is 2.07. The molecule has 0 aliphatic heterocycles. The van der Waals surface area contributed by atoms with Gasteiger partial charge in [0.05, 0.1) is 6.10 Å². The summed E-state index contributed by atoms with van der Waals surface area (Å²) in [4.78, 5) is 11.9. The van der Waals surface area contributed by atoms with Crippen molar-refractivity contribution in [1.82, 2.24) is 0 Å². The predicted octanol–water partition coefficient (Wildman–Crippen LogP) is 6.04. The van der Waals surface area contributed by atoms with Gasteiger partial charge >= 0.3 is 0 Å². The maximum atomic E-state index is 17.1. The number of allylic oxidation sites excluding steroid dienone is 4. The molecule has 0 radical (unpaired) electrons. The molecule has 162 valence electrons. The maximum Gasteiger partial charge on any atom is 0.178 e. The lowest BCUT2D eigenvalue weighted by Crippen LogP contribution is -2.67. The Labute approximate surface area is 179 Å². The third-order valence-corrected chi connectivity index (χ3v) is 11.0. The van der Waals surface area contributed by atoms with Crippen molar-refractivity contribution < 1.29 is 14.3 Å². The highest BCUT2D eigenvalue weighted by Gasteiger charge is 2.72. The lowest BCUT2D eigenvalue weighted by atomic mass is 9.45. The zero-order valence-electron chi connectivity index (χ0n) is 18.5. The largest absolute Gasteiger partial charge is 0.390 e. The van der Waals surface area contributed by atoms with Gasteiger partial charge in [-0.25, -0.2) is 4.39 Å². The minimum atomic E-state index is -1.68. The minimum absolute atomic E-state index is 0.0334. The fraction of sp³-hybridized carbons (Fsp3) is 0.800. The van der Waals surface area contributed by atoms with Crippen LogP contribution in [0.15, 0.2) is 23.8 Å². The summed E-state index contributed by atoms with van der Waals surface area (Å²) in [5.41, 5.74) is -1.70. The van der Waals surface area contributed by atoms with Crippen LogP contribution in [-0.4, -0.2) is 33.2 Å². The Kier molecular flexibility index (Phi) is 5.38. The van der Waals surface area contributed by atoms with Crippen LogP contribution in [-0.2, 0) is 4.79 Å². The van der Waals surface area contributed by atoms with Gasteiger partial charge in [-0.2, -0.15) is 11.8 Å². The van der Waals surface area contributed by atoms with E-state index in [2.05, 4.69) is 32.5 Å². The number of hydrogen-bond acceptors (Lipinski definition) is 3. The highest BCUT2D eigenvalue weighted by Crippen LogP contribution is 2.72. The summed E-state index contributed by atoms with van der Waals surface area (Å²) in [6.45, 7) is 8.75. The molecule has 0 aromatic rings. The van der Waals surface area contributed by atoms with Crippen molar-refractivity contribution in [3.05, 3.63) is 23.8 Å². The number of aliphatic hydroxyl groups is 1. The fourth-order valence-corrected chi connectivity index (χ4v) is 9.41. The molecule has 1 N–H and O–H groups in total. The Morgan fingerprint density at radius 1 is 1.24 bits per heavy atom. The first-order valence-electron chi connectivity index (χ1n) is 11.6. The third kappa shape index (κ3) is 2.73. The van der Waals surface area contributed by atoms with Gasteiger partial charge < -0.3 is 5.11 Å². The van der Waals surface area contributed by atoms with Gasteiger partial charge in [-0.3, -0.25) is 4.79 Å². The molecule has 7 atom stereocenters. The molecule has 3 saturated carbocycles. The number of thioether (sulfide) groups is 1. The normalized spacial score (nSPS) is 48.7. The molecule has 4 heteroatoms. The van der Waals surface area contributed by atoms with E-state index < -0.39 is 17.2 Å². The molecule has 29 heavy (non-hydrogen) atoms. The second-order valence-corrected chi connectivity index (χ2v) is 12.0. The average Bonchev–Trinajstić information content (AvgIpc) is 2.95. The summed E-state index contributed by atoms with van der Waals surface area (Å²) in [5.74, 6) is 1.19. The molecule has 0 amide bonds. The Balaban J connectivity index is 1.76. The van der Waals surface area contributed by atoms with Gasteiger partial charge in [-0.1, -0.05) is 45.3 Å². The van der Waals surface area contributed by atoms with Crippen molar-refractivity contribution in [2.24, 2.45) is 22.7 Å². The molecular formula is C25H37FO2S. The highest BCUT2D eigenvalue weighted by atomic mass is 32.2. The van der Waals surface area contributed by atoms with E-state index in [1.54, 1.807) is 12.2 Å². The molecule has 0 saturated heterocycles. The summed E-state index contributed by atoms with van der Waals surface area (Å²) < 4.78 is 17.2. The van der Waals surface area contributed by atoms with Crippen LogP contribution in [0.5, 0.6) is 0 Å². The maximum absolute atomic E-state index is 17.1. The summed E-state index contributed by atoms with van der Waals surface area (Å²) in [7, 11) is 0. The lowest BCUT2D eigenvalue weighted by Gasteiger charge is -2.63. The van der Waals surface area contributed by atoms with E-state index in [1.807, 2.05) is 6.92 Å². The Morgan fingerprint density at radius 2 is 2.00 bits per heavy atom. The number of unbranched alkanes of at least 4 members (excludes halogenated alkanes) is 1. The van der Waals surface area contributed by atoms with Crippen LogP contribution in [0, 0.1) is 22.7 Å². The number of alkyl halides is 1. The Hall–Kier alpha value is -0.610. The number of ketones is 1. The van der Waals surface area contributed by atoms with Crippen LogP contribution in [0.4, 0.5) is 4.39 Å². The zero-order valence-corrected chi connectivity index (χ0v) is 19.3. The number of fused-ring (bicyclic) bond motifs is 5. The average molecular weight is 421 g/mol. The Morgan fingerprint density at radius 3 is 2.69 bits per heavy atom. The standard InChI is InChI=1S/C25H37FO2S/c1-5-7-12-24(29-6-2)14-11-19-20-9-8-17-15-18(27)10-13-22(17,3)25(20,26)21(28)16-23(19,24)4/h10,13,15,19-21,28H,5-9,11-12,14,16H2,1-4H3/t19-,20-,21-,22-,23-,24-,25?/m0/s1. The van der Waals surface area contributed by atoms with Gasteiger partial charge in [0.2, 0.25) is 0 Å². The van der Waals surface area contributed by atoms with Crippen molar-refractivity contribution in [3.8, 4) is 0 Å². The first kappa shape index (κ1) is 21.6. The summed E-state index contributed by atoms with van der Waals surface area (Å²) in [6, 6.07) is 0. The van der Waals surface area contributed by atoms with E-state index in [9.17, 15) is 9.90 Å². The van der Waals surface area contributed by atoms with Gasteiger partial charge in [-0.15, -0.1) is 0 Å². The number of hydrogen-bond donors (Lipinski definition) is 1. The molecule has 4 aliphatic carbocycles. The van der Waals surface area contributed by atoms with E-state index in [0.29, 0.717) is 12.3 Å². The molecule has 0 heterocycles. The van der Waals surface area contributed by atoms with Crippen molar-refractivity contribution in [2.75, 3.05) is 5.75 Å². The topological polar surface area (TPSA) is 37.3 Å². The molecule has 4 rings (SSSR count). The predicted molar refractivity (Wildman–Crippen MR) is 119 cm³/mol.